The van der Waals surface area contributed by atoms with Crippen LogP contribution in [0.2, 0.25) is 0 Å². The number of thiazole rings is 1. The van der Waals surface area contributed by atoms with Crippen LogP contribution in [-0.2, 0) is 23.1 Å². The quantitative estimate of drug-likeness (QED) is 0.778. The number of rotatable bonds is 5. The molecule has 0 aliphatic heterocycles. The van der Waals surface area contributed by atoms with E-state index in [0.717, 1.165) is 16.2 Å². The number of hydrogen-bond donors (Lipinski definition) is 1. The second-order valence-corrected chi connectivity index (χ2v) is 7.23. The molecule has 3 aromatic rings. The molecule has 2 heterocycles. The molecule has 0 spiro atoms. The molecule has 1 N–H and O–H groups in total. The minimum atomic E-state index is -0.919. The highest BCUT2D eigenvalue weighted by Crippen LogP contribution is 2.12. The van der Waals surface area contributed by atoms with E-state index in [1.165, 1.54) is 0 Å². The topological polar surface area (TPSA) is 63.5 Å². The zero-order chi connectivity index (χ0) is 15.5. The lowest BCUT2D eigenvalue weighted by Gasteiger charge is -2.05. The highest BCUT2D eigenvalue weighted by Gasteiger charge is 2.08. The van der Waals surface area contributed by atoms with E-state index < -0.39 is 10.8 Å². The first-order valence-corrected chi connectivity index (χ1v) is 9.31. The van der Waals surface area contributed by atoms with Crippen LogP contribution in [0.5, 0.6) is 0 Å². The minimum absolute atomic E-state index is 0.153. The number of nitrogens with zero attached hydrogens (tertiary/aromatic N) is 2. The van der Waals surface area contributed by atoms with E-state index in [1.807, 2.05) is 34.3 Å². The monoisotopic (exact) mass is 333 g/mol. The fourth-order valence-corrected chi connectivity index (χ4v) is 3.54. The summed E-state index contributed by atoms with van der Waals surface area (Å²) in [6.45, 7) is 0.386. The molecule has 0 radical (unpaired) electrons. The molecule has 1 amide bonds. The van der Waals surface area contributed by atoms with Crippen LogP contribution < -0.4 is 5.32 Å². The number of fused-ring (bicyclic) bond motifs is 1. The number of carbonyl (C=O) groups excluding carboxylic acids is 1. The van der Waals surface area contributed by atoms with Crippen LogP contribution in [0.15, 0.2) is 42.0 Å². The van der Waals surface area contributed by atoms with E-state index in [-0.39, 0.29) is 5.91 Å². The lowest BCUT2D eigenvalue weighted by atomic mass is 10.1. The van der Waals surface area contributed by atoms with Crippen molar-refractivity contribution in [3.05, 3.63) is 58.9 Å². The molecule has 0 aliphatic rings. The zero-order valence-corrected chi connectivity index (χ0v) is 13.6. The highest BCUT2D eigenvalue weighted by atomic mass is 32.2. The molecule has 1 atom stereocenters. The van der Waals surface area contributed by atoms with Crippen LogP contribution in [0.4, 0.5) is 0 Å². The highest BCUT2D eigenvalue weighted by molar-refractivity contribution is 7.83. The Morgan fingerprint density at radius 3 is 3.09 bits per heavy atom. The van der Waals surface area contributed by atoms with Crippen LogP contribution in [-0.4, -0.2) is 25.8 Å². The minimum Gasteiger partial charge on any atom is -0.346 e. The SMILES string of the molecule is CS(=O)Cc1cccc(C(=O)NCc2cn3ccsc3n2)c1. The van der Waals surface area contributed by atoms with Gasteiger partial charge >= 0.3 is 0 Å². The molecule has 2 aromatic heterocycles. The van der Waals surface area contributed by atoms with Crippen molar-refractivity contribution in [2.24, 2.45) is 0 Å². The molecule has 7 heteroatoms. The second-order valence-electron chi connectivity index (χ2n) is 4.93. The third kappa shape index (κ3) is 3.42. The van der Waals surface area contributed by atoms with E-state index in [9.17, 15) is 9.00 Å². The number of hydrogen-bond acceptors (Lipinski definition) is 4. The van der Waals surface area contributed by atoms with Gasteiger partial charge in [0.1, 0.15) is 0 Å². The van der Waals surface area contributed by atoms with Gasteiger partial charge in [0.15, 0.2) is 4.96 Å². The molecule has 0 aliphatic carbocycles. The molecular weight excluding hydrogens is 318 g/mol. The number of nitrogens with one attached hydrogen (secondary N) is 1. The Labute approximate surface area is 134 Å². The van der Waals surface area contributed by atoms with Crippen molar-refractivity contribution in [1.29, 1.82) is 0 Å². The van der Waals surface area contributed by atoms with Gasteiger partial charge in [0.25, 0.3) is 5.91 Å². The smallest absolute Gasteiger partial charge is 0.251 e. The lowest BCUT2D eigenvalue weighted by molar-refractivity contribution is 0.0950. The van der Waals surface area contributed by atoms with Crippen molar-refractivity contribution in [3.8, 4) is 0 Å². The summed E-state index contributed by atoms with van der Waals surface area (Å²) >= 11 is 1.56. The van der Waals surface area contributed by atoms with Crippen molar-refractivity contribution in [3.63, 3.8) is 0 Å². The maximum absolute atomic E-state index is 12.2. The standard InChI is InChI=1S/C15H15N3O2S2/c1-22(20)10-11-3-2-4-12(7-11)14(19)16-8-13-9-18-5-6-21-15(18)17-13/h2-7,9H,8,10H2,1H3,(H,16,19). The number of amides is 1. The first-order valence-electron chi connectivity index (χ1n) is 6.70. The van der Waals surface area contributed by atoms with Crippen LogP contribution >= 0.6 is 11.3 Å². The van der Waals surface area contributed by atoms with Crippen molar-refractivity contribution in [2.45, 2.75) is 12.3 Å². The fraction of sp³-hybridized carbons (Fsp3) is 0.200. The Morgan fingerprint density at radius 2 is 2.32 bits per heavy atom. The van der Waals surface area contributed by atoms with Gasteiger partial charge in [0.2, 0.25) is 0 Å². The molecule has 0 fully saturated rings. The van der Waals surface area contributed by atoms with Crippen molar-refractivity contribution >= 4 is 33.0 Å². The Morgan fingerprint density at radius 1 is 1.45 bits per heavy atom. The summed E-state index contributed by atoms with van der Waals surface area (Å²) < 4.78 is 13.2. The van der Waals surface area contributed by atoms with Gasteiger partial charge in [-0.25, -0.2) is 4.98 Å². The predicted octanol–water partition coefficient (Wildman–Crippen LogP) is 2.20. The van der Waals surface area contributed by atoms with Crippen LogP contribution in [0, 0.1) is 0 Å². The number of carbonyl (C=O) groups is 1. The maximum Gasteiger partial charge on any atom is 0.251 e. The summed E-state index contributed by atoms with van der Waals surface area (Å²) in [6, 6.07) is 7.22. The largest absolute Gasteiger partial charge is 0.346 e. The fourth-order valence-electron chi connectivity index (χ4n) is 2.17. The number of benzene rings is 1. The molecule has 1 unspecified atom stereocenters. The van der Waals surface area contributed by atoms with E-state index in [2.05, 4.69) is 10.3 Å². The van der Waals surface area contributed by atoms with Gasteiger partial charge in [-0.3, -0.25) is 13.4 Å². The molecule has 22 heavy (non-hydrogen) atoms. The van der Waals surface area contributed by atoms with Gasteiger partial charge in [-0.15, -0.1) is 11.3 Å². The Bertz CT molecular complexity index is 810. The molecule has 1 aromatic carbocycles. The summed E-state index contributed by atoms with van der Waals surface area (Å²) in [4.78, 5) is 17.5. The number of imidazole rings is 1. The molecule has 5 nitrogen and oxygen atoms in total. The van der Waals surface area contributed by atoms with Crippen molar-refractivity contribution < 1.29 is 9.00 Å². The Kier molecular flexibility index (Phi) is 4.35. The van der Waals surface area contributed by atoms with Gasteiger partial charge in [-0.05, 0) is 17.7 Å². The predicted molar refractivity (Wildman–Crippen MR) is 88.5 cm³/mol. The van der Waals surface area contributed by atoms with E-state index in [4.69, 9.17) is 0 Å². The van der Waals surface area contributed by atoms with E-state index in [0.29, 0.717) is 17.9 Å². The summed E-state index contributed by atoms with van der Waals surface area (Å²) in [7, 11) is -0.919. The van der Waals surface area contributed by atoms with Crippen LogP contribution in [0.25, 0.3) is 4.96 Å². The molecule has 114 valence electrons. The van der Waals surface area contributed by atoms with Gasteiger partial charge < -0.3 is 5.32 Å². The average molecular weight is 333 g/mol. The van der Waals surface area contributed by atoms with E-state index >= 15 is 0 Å². The van der Waals surface area contributed by atoms with Crippen molar-refractivity contribution in [1.82, 2.24) is 14.7 Å². The third-order valence-electron chi connectivity index (χ3n) is 3.13. The maximum atomic E-state index is 12.2. The first-order chi connectivity index (χ1) is 10.6. The summed E-state index contributed by atoms with van der Waals surface area (Å²) in [5.74, 6) is 0.304. The van der Waals surface area contributed by atoms with Gasteiger partial charge in [0, 0.05) is 46.1 Å². The van der Waals surface area contributed by atoms with E-state index in [1.54, 1.807) is 29.7 Å². The van der Waals surface area contributed by atoms with Crippen LogP contribution in [0.1, 0.15) is 21.6 Å². The van der Waals surface area contributed by atoms with Gasteiger partial charge in [-0.1, -0.05) is 12.1 Å². The number of aromatic nitrogens is 2. The van der Waals surface area contributed by atoms with Gasteiger partial charge in [-0.2, -0.15) is 0 Å². The Balaban J connectivity index is 1.66. The molecule has 3 rings (SSSR count). The molecule has 0 bridgehead atoms. The summed E-state index contributed by atoms with van der Waals surface area (Å²) in [5, 5.41) is 4.83. The Hall–Kier alpha value is -1.99. The van der Waals surface area contributed by atoms with Crippen LogP contribution in [0.3, 0.4) is 0 Å². The lowest BCUT2D eigenvalue weighted by Crippen LogP contribution is -2.23. The van der Waals surface area contributed by atoms with Gasteiger partial charge in [0.05, 0.1) is 12.2 Å². The summed E-state index contributed by atoms with van der Waals surface area (Å²) in [5.41, 5.74) is 2.30. The molecule has 0 saturated carbocycles. The summed E-state index contributed by atoms with van der Waals surface area (Å²) in [6.07, 6.45) is 5.49. The van der Waals surface area contributed by atoms with Crippen molar-refractivity contribution in [2.75, 3.05) is 6.26 Å². The normalized spacial score (nSPS) is 12.4. The molecular formula is C15H15N3O2S2. The second kappa shape index (κ2) is 6.41. The average Bonchev–Trinajstić information content (AvgIpc) is 3.05. The molecule has 0 saturated heterocycles. The zero-order valence-electron chi connectivity index (χ0n) is 12.0. The third-order valence-corrected chi connectivity index (χ3v) is 4.64. The first kappa shape index (κ1) is 14.9.